The molecule has 1 aliphatic rings. The molecule has 0 amide bonds. The molecule has 84 valence electrons. The first-order chi connectivity index (χ1) is 7.77. The second-order valence-corrected chi connectivity index (χ2v) is 4.38. The fraction of sp³-hybridized carbons (Fsp3) is 0.417. The van der Waals surface area contributed by atoms with Gasteiger partial charge in [0.2, 0.25) is 0 Å². The lowest BCUT2D eigenvalue weighted by atomic mass is 10.2. The molecule has 2 heterocycles. The summed E-state index contributed by atoms with van der Waals surface area (Å²) in [4.78, 5) is 14.9. The summed E-state index contributed by atoms with van der Waals surface area (Å²) in [5.74, 6) is 0. The van der Waals surface area contributed by atoms with E-state index in [9.17, 15) is 4.79 Å². The van der Waals surface area contributed by atoms with E-state index in [1.807, 2.05) is 29.7 Å². The lowest BCUT2D eigenvalue weighted by Crippen LogP contribution is -2.28. The average molecular weight is 217 g/mol. The third kappa shape index (κ3) is 1.30. The van der Waals surface area contributed by atoms with Crippen LogP contribution in [-0.2, 0) is 0 Å². The van der Waals surface area contributed by atoms with Crippen molar-refractivity contribution in [2.24, 2.45) is 0 Å². The number of rotatable bonds is 1. The van der Waals surface area contributed by atoms with Crippen molar-refractivity contribution in [3.05, 3.63) is 34.2 Å². The third-order valence-electron chi connectivity index (χ3n) is 3.29. The molecule has 0 radical (unpaired) electrons. The SMILES string of the molecule is Cc1cccc2[nH]c(=O)n(C3CCCN3)c12. The van der Waals surface area contributed by atoms with Crippen molar-refractivity contribution in [1.82, 2.24) is 14.9 Å². The molecule has 1 aromatic carbocycles. The monoisotopic (exact) mass is 217 g/mol. The summed E-state index contributed by atoms with van der Waals surface area (Å²) in [5.41, 5.74) is 3.10. The predicted molar refractivity (Wildman–Crippen MR) is 63.6 cm³/mol. The molecule has 0 bridgehead atoms. The van der Waals surface area contributed by atoms with Gasteiger partial charge < -0.3 is 4.98 Å². The summed E-state index contributed by atoms with van der Waals surface area (Å²) in [6.45, 7) is 3.04. The van der Waals surface area contributed by atoms with Gasteiger partial charge >= 0.3 is 5.69 Å². The zero-order valence-electron chi connectivity index (χ0n) is 9.29. The fourth-order valence-electron chi connectivity index (χ4n) is 2.54. The Morgan fingerprint density at radius 1 is 1.44 bits per heavy atom. The van der Waals surface area contributed by atoms with Crippen LogP contribution in [-0.4, -0.2) is 16.1 Å². The second kappa shape index (κ2) is 3.49. The highest BCUT2D eigenvalue weighted by Crippen LogP contribution is 2.22. The lowest BCUT2D eigenvalue weighted by Gasteiger charge is -2.13. The number of para-hydroxylation sites is 1. The van der Waals surface area contributed by atoms with E-state index < -0.39 is 0 Å². The minimum atomic E-state index is -0.0105. The number of hydrogen-bond donors (Lipinski definition) is 2. The number of hydrogen-bond acceptors (Lipinski definition) is 2. The van der Waals surface area contributed by atoms with Crippen LogP contribution in [0.3, 0.4) is 0 Å². The largest absolute Gasteiger partial charge is 0.327 e. The molecular formula is C12H15N3O. The smallest absolute Gasteiger partial charge is 0.305 e. The predicted octanol–water partition coefficient (Wildman–Crippen LogP) is 1.52. The normalized spacial score (nSPS) is 20.7. The van der Waals surface area contributed by atoms with E-state index in [0.29, 0.717) is 0 Å². The van der Waals surface area contributed by atoms with Gasteiger partial charge in [-0.3, -0.25) is 9.88 Å². The molecule has 1 saturated heterocycles. The van der Waals surface area contributed by atoms with Gasteiger partial charge in [-0.15, -0.1) is 0 Å². The standard InChI is InChI=1S/C12H15N3O/c1-8-4-2-5-9-11(8)15(12(16)14-9)10-6-3-7-13-10/h2,4-5,10,13H,3,6-7H2,1H3,(H,14,16). The maximum absolute atomic E-state index is 11.9. The summed E-state index contributed by atoms with van der Waals surface area (Å²) in [6, 6.07) is 5.97. The Hall–Kier alpha value is -1.55. The first-order valence-corrected chi connectivity index (χ1v) is 5.70. The number of H-pyrrole nitrogens is 1. The Labute approximate surface area is 93.3 Å². The van der Waals surface area contributed by atoms with Gasteiger partial charge in [0.1, 0.15) is 0 Å². The van der Waals surface area contributed by atoms with Gasteiger partial charge in [0, 0.05) is 0 Å². The third-order valence-corrected chi connectivity index (χ3v) is 3.29. The van der Waals surface area contributed by atoms with Crippen molar-refractivity contribution >= 4 is 11.0 Å². The van der Waals surface area contributed by atoms with Crippen molar-refractivity contribution in [2.75, 3.05) is 6.54 Å². The lowest BCUT2D eigenvalue weighted by molar-refractivity contribution is 0.468. The zero-order chi connectivity index (χ0) is 11.1. The van der Waals surface area contributed by atoms with Crippen molar-refractivity contribution in [3.8, 4) is 0 Å². The molecule has 4 heteroatoms. The molecule has 0 saturated carbocycles. The molecule has 3 rings (SSSR count). The molecule has 1 aromatic heterocycles. The van der Waals surface area contributed by atoms with Crippen LogP contribution in [0.2, 0.25) is 0 Å². The highest BCUT2D eigenvalue weighted by Gasteiger charge is 2.20. The Morgan fingerprint density at radius 2 is 2.31 bits per heavy atom. The van der Waals surface area contributed by atoms with E-state index in [1.54, 1.807) is 0 Å². The average Bonchev–Trinajstić information content (AvgIpc) is 2.84. The van der Waals surface area contributed by atoms with Crippen molar-refractivity contribution in [3.63, 3.8) is 0 Å². The van der Waals surface area contributed by atoms with Crippen LogP contribution in [0, 0.1) is 6.92 Å². The molecular weight excluding hydrogens is 202 g/mol. The molecule has 0 aliphatic carbocycles. The number of benzene rings is 1. The van der Waals surface area contributed by atoms with Gasteiger partial charge in [-0.05, 0) is 37.9 Å². The Bertz CT molecular complexity index is 575. The van der Waals surface area contributed by atoms with Gasteiger partial charge in [0.15, 0.2) is 0 Å². The van der Waals surface area contributed by atoms with Crippen LogP contribution >= 0.6 is 0 Å². The zero-order valence-corrected chi connectivity index (χ0v) is 9.29. The first kappa shape index (κ1) is 9.66. The second-order valence-electron chi connectivity index (χ2n) is 4.38. The minimum absolute atomic E-state index is 0.0105. The molecule has 1 atom stereocenters. The van der Waals surface area contributed by atoms with Crippen LogP contribution in [0.1, 0.15) is 24.6 Å². The van der Waals surface area contributed by atoms with Gasteiger partial charge in [0.05, 0.1) is 17.2 Å². The van der Waals surface area contributed by atoms with Crippen LogP contribution in [0.5, 0.6) is 0 Å². The number of nitrogens with zero attached hydrogens (tertiary/aromatic N) is 1. The van der Waals surface area contributed by atoms with E-state index in [-0.39, 0.29) is 11.9 Å². The number of imidazole rings is 1. The Kier molecular flexibility index (Phi) is 2.11. The van der Waals surface area contributed by atoms with Crippen LogP contribution in [0.4, 0.5) is 0 Å². The molecule has 4 nitrogen and oxygen atoms in total. The summed E-state index contributed by atoms with van der Waals surface area (Å²) in [7, 11) is 0. The topological polar surface area (TPSA) is 49.8 Å². The van der Waals surface area contributed by atoms with Gasteiger partial charge in [-0.25, -0.2) is 4.79 Å². The van der Waals surface area contributed by atoms with Gasteiger partial charge in [-0.1, -0.05) is 12.1 Å². The molecule has 1 unspecified atom stereocenters. The number of nitrogens with one attached hydrogen (secondary N) is 2. The Morgan fingerprint density at radius 3 is 3.06 bits per heavy atom. The van der Waals surface area contributed by atoms with E-state index >= 15 is 0 Å². The molecule has 2 aromatic rings. The molecule has 1 aliphatic heterocycles. The molecule has 16 heavy (non-hydrogen) atoms. The summed E-state index contributed by atoms with van der Waals surface area (Å²) in [5, 5.41) is 3.36. The van der Waals surface area contributed by atoms with Crippen LogP contribution in [0.25, 0.3) is 11.0 Å². The maximum atomic E-state index is 11.9. The first-order valence-electron chi connectivity index (χ1n) is 5.70. The number of aromatic amines is 1. The van der Waals surface area contributed by atoms with Gasteiger partial charge in [-0.2, -0.15) is 0 Å². The fourth-order valence-corrected chi connectivity index (χ4v) is 2.54. The van der Waals surface area contributed by atoms with Crippen LogP contribution in [0.15, 0.2) is 23.0 Å². The highest BCUT2D eigenvalue weighted by atomic mass is 16.1. The van der Waals surface area contributed by atoms with Crippen LogP contribution < -0.4 is 11.0 Å². The molecule has 1 fully saturated rings. The van der Waals surface area contributed by atoms with Crippen molar-refractivity contribution < 1.29 is 0 Å². The van der Waals surface area contributed by atoms with E-state index in [2.05, 4.69) is 10.3 Å². The van der Waals surface area contributed by atoms with E-state index in [1.165, 1.54) is 0 Å². The van der Waals surface area contributed by atoms with Gasteiger partial charge in [0.25, 0.3) is 0 Å². The summed E-state index contributed by atoms with van der Waals surface area (Å²) in [6.07, 6.45) is 2.32. The molecule has 0 spiro atoms. The minimum Gasteiger partial charge on any atom is -0.305 e. The van der Waals surface area contributed by atoms with Crippen molar-refractivity contribution in [2.45, 2.75) is 25.9 Å². The van der Waals surface area contributed by atoms with E-state index in [0.717, 1.165) is 36.0 Å². The Balaban J connectivity index is 2.29. The number of aromatic nitrogens is 2. The van der Waals surface area contributed by atoms with E-state index in [4.69, 9.17) is 0 Å². The number of fused-ring (bicyclic) bond motifs is 1. The number of aryl methyl sites for hydroxylation is 1. The highest BCUT2D eigenvalue weighted by molar-refractivity contribution is 5.78. The van der Waals surface area contributed by atoms with Crippen molar-refractivity contribution in [1.29, 1.82) is 0 Å². The quantitative estimate of drug-likeness (QED) is 0.761. The summed E-state index contributed by atoms with van der Waals surface area (Å²) < 4.78 is 1.86. The molecule has 2 N–H and O–H groups in total. The maximum Gasteiger partial charge on any atom is 0.327 e. The summed E-state index contributed by atoms with van der Waals surface area (Å²) >= 11 is 0.